The summed E-state index contributed by atoms with van der Waals surface area (Å²) in [4.78, 5) is 28.0. The average Bonchev–Trinajstić information content (AvgIpc) is 2.79. The summed E-state index contributed by atoms with van der Waals surface area (Å²) in [7, 11) is 3.74. The van der Waals surface area contributed by atoms with E-state index in [-0.39, 0.29) is 23.7 Å². The first-order chi connectivity index (χ1) is 11.9. The molecule has 1 aromatic carbocycles. The van der Waals surface area contributed by atoms with Gasteiger partial charge in [0.2, 0.25) is 11.8 Å². The molecule has 1 saturated heterocycles. The van der Waals surface area contributed by atoms with E-state index in [1.165, 1.54) is 12.1 Å². The predicted octanol–water partition coefficient (Wildman–Crippen LogP) is 1.82. The Kier molecular flexibility index (Phi) is 7.37. The normalized spacial score (nSPS) is 18.1. The Bertz CT molecular complexity index is 575. The molecule has 0 aliphatic carbocycles. The van der Waals surface area contributed by atoms with Gasteiger partial charge in [0, 0.05) is 25.6 Å². The molecule has 1 aliphatic heterocycles. The number of rotatable bonds is 6. The van der Waals surface area contributed by atoms with Gasteiger partial charge in [-0.2, -0.15) is 0 Å². The van der Waals surface area contributed by atoms with Crippen molar-refractivity contribution in [2.45, 2.75) is 38.1 Å². The zero-order valence-electron chi connectivity index (χ0n) is 15.1. The number of likely N-dealkylation sites (N-methyl/N-ethyl adjacent to an activating group) is 1. The number of hydrogen-bond acceptors (Lipinski definition) is 3. The molecule has 0 saturated carbocycles. The summed E-state index contributed by atoms with van der Waals surface area (Å²) in [6.45, 7) is 1.80. The smallest absolute Gasteiger partial charge is 0.234 e. The van der Waals surface area contributed by atoms with Crippen LogP contribution in [0.4, 0.5) is 4.39 Å². The zero-order valence-corrected chi connectivity index (χ0v) is 15.1. The topological polar surface area (TPSA) is 52.7 Å². The summed E-state index contributed by atoms with van der Waals surface area (Å²) in [6.07, 6.45) is 3.65. The third-order valence-corrected chi connectivity index (χ3v) is 4.45. The number of halogens is 1. The number of nitrogens with zero attached hydrogens (tertiary/aromatic N) is 2. The van der Waals surface area contributed by atoms with Gasteiger partial charge in [-0.25, -0.2) is 4.39 Å². The molecule has 0 radical (unpaired) electrons. The molecule has 25 heavy (non-hydrogen) atoms. The van der Waals surface area contributed by atoms with Gasteiger partial charge in [-0.05, 0) is 57.5 Å². The van der Waals surface area contributed by atoms with Gasteiger partial charge in [0.1, 0.15) is 5.82 Å². The summed E-state index contributed by atoms with van der Waals surface area (Å²) in [5.74, 6) is -0.0966. The first kappa shape index (κ1) is 19.4. The van der Waals surface area contributed by atoms with Crippen LogP contribution in [-0.4, -0.2) is 61.4 Å². The van der Waals surface area contributed by atoms with Gasteiger partial charge >= 0.3 is 0 Å². The van der Waals surface area contributed by atoms with Crippen LogP contribution in [-0.2, 0) is 16.0 Å². The molecule has 1 atom stereocenters. The molecule has 2 amide bonds. The molecule has 1 fully saturated rings. The third-order valence-electron chi connectivity index (χ3n) is 4.45. The van der Waals surface area contributed by atoms with Crippen molar-refractivity contribution >= 4 is 11.8 Å². The number of likely N-dealkylation sites (tertiary alicyclic amines) is 1. The predicted molar refractivity (Wildman–Crippen MR) is 95.6 cm³/mol. The van der Waals surface area contributed by atoms with E-state index < -0.39 is 0 Å². The van der Waals surface area contributed by atoms with Gasteiger partial charge in [0.25, 0.3) is 0 Å². The molecule has 6 heteroatoms. The van der Waals surface area contributed by atoms with Crippen LogP contribution in [0.25, 0.3) is 0 Å². The van der Waals surface area contributed by atoms with Crippen molar-refractivity contribution in [1.82, 2.24) is 15.1 Å². The highest BCUT2D eigenvalue weighted by atomic mass is 19.1. The Balaban J connectivity index is 1.76. The van der Waals surface area contributed by atoms with Crippen molar-refractivity contribution in [2.75, 3.05) is 33.7 Å². The van der Waals surface area contributed by atoms with Crippen molar-refractivity contribution in [2.24, 2.45) is 0 Å². The van der Waals surface area contributed by atoms with Crippen LogP contribution >= 0.6 is 0 Å². The van der Waals surface area contributed by atoms with E-state index in [9.17, 15) is 14.0 Å². The maximum atomic E-state index is 12.9. The van der Waals surface area contributed by atoms with Crippen LogP contribution in [0.3, 0.4) is 0 Å². The Morgan fingerprint density at radius 1 is 1.20 bits per heavy atom. The molecule has 138 valence electrons. The molecule has 0 aromatic heterocycles. The highest BCUT2D eigenvalue weighted by Crippen LogP contribution is 2.13. The summed E-state index contributed by atoms with van der Waals surface area (Å²) < 4.78 is 12.9. The van der Waals surface area contributed by atoms with Crippen molar-refractivity contribution < 1.29 is 14.0 Å². The summed E-state index contributed by atoms with van der Waals surface area (Å²) in [6, 6.07) is 6.43. The highest BCUT2D eigenvalue weighted by Gasteiger charge is 2.21. The molecule has 5 nitrogen and oxygen atoms in total. The van der Waals surface area contributed by atoms with Crippen molar-refractivity contribution in [3.63, 3.8) is 0 Å². The number of carbonyl (C=O) groups excluding carboxylic acids is 2. The lowest BCUT2D eigenvalue weighted by Gasteiger charge is -2.21. The monoisotopic (exact) mass is 349 g/mol. The highest BCUT2D eigenvalue weighted by molar-refractivity contribution is 5.78. The van der Waals surface area contributed by atoms with Crippen LogP contribution in [0.2, 0.25) is 0 Å². The molecule has 0 spiro atoms. The van der Waals surface area contributed by atoms with Gasteiger partial charge in [-0.3, -0.25) is 9.59 Å². The number of amides is 2. The lowest BCUT2D eigenvalue weighted by molar-refractivity contribution is -0.131. The van der Waals surface area contributed by atoms with Crippen LogP contribution in [0.5, 0.6) is 0 Å². The Labute approximate surface area is 149 Å². The molecule has 0 bridgehead atoms. The summed E-state index contributed by atoms with van der Waals surface area (Å²) >= 11 is 0. The fraction of sp³-hybridized carbons (Fsp3) is 0.579. The number of benzene rings is 1. The van der Waals surface area contributed by atoms with Crippen molar-refractivity contribution in [3.05, 3.63) is 35.6 Å². The first-order valence-corrected chi connectivity index (χ1v) is 8.90. The van der Waals surface area contributed by atoms with Gasteiger partial charge < -0.3 is 15.1 Å². The minimum absolute atomic E-state index is 0.0334. The number of carbonyl (C=O) groups is 2. The molecular weight excluding hydrogens is 321 g/mol. The quantitative estimate of drug-likeness (QED) is 0.852. The van der Waals surface area contributed by atoms with Gasteiger partial charge in [-0.1, -0.05) is 12.1 Å². The van der Waals surface area contributed by atoms with E-state index in [2.05, 4.69) is 5.32 Å². The van der Waals surface area contributed by atoms with Crippen LogP contribution in [0.1, 0.15) is 31.2 Å². The number of hydrogen-bond donors (Lipinski definition) is 1. The second-order valence-corrected chi connectivity index (χ2v) is 6.94. The second-order valence-electron chi connectivity index (χ2n) is 6.94. The standard InChI is InChI=1S/C19H28FN3O2/c1-22(2)14-18(24)21-17-4-3-12-23(13-11-17)19(25)10-7-15-5-8-16(20)9-6-15/h5-6,8-9,17H,3-4,7,10-14H2,1-2H3,(H,21,24). The van der Waals surface area contributed by atoms with E-state index in [0.29, 0.717) is 25.9 Å². The lowest BCUT2D eigenvalue weighted by Crippen LogP contribution is -2.40. The van der Waals surface area contributed by atoms with E-state index in [1.807, 2.05) is 23.9 Å². The minimum atomic E-state index is -0.259. The van der Waals surface area contributed by atoms with E-state index in [1.54, 1.807) is 12.1 Å². The Morgan fingerprint density at radius 3 is 2.60 bits per heavy atom. The molecular formula is C19H28FN3O2. The number of aryl methyl sites for hydroxylation is 1. The maximum absolute atomic E-state index is 12.9. The van der Waals surface area contributed by atoms with Gasteiger partial charge in [0.05, 0.1) is 6.54 Å². The van der Waals surface area contributed by atoms with Gasteiger partial charge in [-0.15, -0.1) is 0 Å². The largest absolute Gasteiger partial charge is 0.352 e. The second kappa shape index (κ2) is 9.51. The molecule has 2 rings (SSSR count). The van der Waals surface area contributed by atoms with E-state index in [4.69, 9.17) is 0 Å². The average molecular weight is 349 g/mol. The molecule has 1 aromatic rings. The zero-order chi connectivity index (χ0) is 18.2. The van der Waals surface area contributed by atoms with Crippen LogP contribution in [0, 0.1) is 5.82 Å². The van der Waals surface area contributed by atoms with Crippen LogP contribution in [0.15, 0.2) is 24.3 Å². The SMILES string of the molecule is CN(C)CC(=O)NC1CCCN(C(=O)CCc2ccc(F)cc2)CC1. The summed E-state index contributed by atoms with van der Waals surface area (Å²) in [5.41, 5.74) is 0.971. The summed E-state index contributed by atoms with van der Waals surface area (Å²) in [5, 5.41) is 3.06. The van der Waals surface area contributed by atoms with E-state index >= 15 is 0 Å². The first-order valence-electron chi connectivity index (χ1n) is 8.90. The lowest BCUT2D eigenvalue weighted by atomic mass is 10.1. The molecule has 1 aliphatic rings. The maximum Gasteiger partial charge on any atom is 0.234 e. The van der Waals surface area contributed by atoms with Crippen molar-refractivity contribution in [3.8, 4) is 0 Å². The van der Waals surface area contributed by atoms with E-state index in [0.717, 1.165) is 31.4 Å². The Hall–Kier alpha value is -1.95. The van der Waals surface area contributed by atoms with Gasteiger partial charge in [0.15, 0.2) is 0 Å². The fourth-order valence-corrected chi connectivity index (χ4v) is 3.11. The van der Waals surface area contributed by atoms with Crippen LogP contribution < -0.4 is 5.32 Å². The van der Waals surface area contributed by atoms with Crippen molar-refractivity contribution in [1.29, 1.82) is 0 Å². The Morgan fingerprint density at radius 2 is 1.92 bits per heavy atom. The molecule has 1 N–H and O–H groups in total. The fourth-order valence-electron chi connectivity index (χ4n) is 3.11. The molecule has 1 unspecified atom stereocenters. The molecule has 1 heterocycles. The number of nitrogens with one attached hydrogen (secondary N) is 1. The third kappa shape index (κ3) is 6.82. The minimum Gasteiger partial charge on any atom is -0.352 e.